The van der Waals surface area contributed by atoms with Crippen molar-refractivity contribution in [1.82, 2.24) is 0 Å². The molecule has 1 unspecified atom stereocenters. The molecule has 0 radical (unpaired) electrons. The molecule has 0 aliphatic heterocycles. The number of hydrogen-bond donors (Lipinski definition) is 1. The minimum Gasteiger partial charge on any atom is -0.369 e. The third kappa shape index (κ3) is 2.21. The van der Waals surface area contributed by atoms with Gasteiger partial charge in [0.05, 0.1) is 5.92 Å². The van der Waals surface area contributed by atoms with Gasteiger partial charge in [0.15, 0.2) is 0 Å². The highest BCUT2D eigenvalue weighted by atomic mass is 16.1. The van der Waals surface area contributed by atoms with Gasteiger partial charge >= 0.3 is 0 Å². The molecule has 0 aromatic heterocycles. The summed E-state index contributed by atoms with van der Waals surface area (Å²) in [5.74, 6) is -0.183. The van der Waals surface area contributed by atoms with E-state index in [2.05, 4.69) is 6.58 Å². The third-order valence-electron chi connectivity index (χ3n) is 1.50. The number of rotatable bonds is 3. The number of amides is 1. The summed E-state index contributed by atoms with van der Waals surface area (Å²) >= 11 is 0. The summed E-state index contributed by atoms with van der Waals surface area (Å²) in [7, 11) is 0. The van der Waals surface area contributed by atoms with Crippen LogP contribution in [-0.2, 0) is 4.79 Å². The Kier molecular flexibility index (Phi) is 3.13. The number of hydrogen-bond acceptors (Lipinski definition) is 1. The van der Waals surface area contributed by atoms with Gasteiger partial charge in [-0.15, -0.1) is 0 Å². The van der Waals surface area contributed by atoms with Gasteiger partial charge < -0.3 is 5.73 Å². The maximum atomic E-state index is 10.7. The van der Waals surface area contributed by atoms with Gasteiger partial charge in [-0.05, 0) is 12.8 Å². The van der Waals surface area contributed by atoms with Crippen LogP contribution < -0.4 is 5.73 Å². The molecule has 0 saturated heterocycles. The van der Waals surface area contributed by atoms with Crippen LogP contribution >= 0.6 is 0 Å². The first kappa shape index (κ1) is 9.21. The summed E-state index contributed by atoms with van der Waals surface area (Å²) in [6.07, 6.45) is 0. The van der Waals surface area contributed by atoms with Gasteiger partial charge in [-0.2, -0.15) is 0 Å². The smallest absolute Gasteiger partial charge is 0.224 e. The Labute approximate surface area is 62.1 Å². The highest BCUT2D eigenvalue weighted by Gasteiger charge is 2.19. The lowest BCUT2D eigenvalue weighted by atomic mass is 9.89. The van der Waals surface area contributed by atoms with Crippen LogP contribution in [0.2, 0.25) is 0 Å². The molecule has 0 spiro atoms. The molecule has 0 aromatic rings. The van der Waals surface area contributed by atoms with E-state index in [0.717, 1.165) is 5.57 Å². The molecule has 0 aliphatic carbocycles. The van der Waals surface area contributed by atoms with Crippen molar-refractivity contribution in [3.63, 3.8) is 0 Å². The van der Waals surface area contributed by atoms with E-state index in [1.165, 1.54) is 0 Å². The predicted octanol–water partition coefficient (Wildman–Crippen LogP) is 1.32. The van der Waals surface area contributed by atoms with Gasteiger partial charge in [-0.3, -0.25) is 4.79 Å². The zero-order chi connectivity index (χ0) is 8.31. The van der Waals surface area contributed by atoms with Crippen molar-refractivity contribution < 1.29 is 4.79 Å². The van der Waals surface area contributed by atoms with Crippen LogP contribution in [-0.4, -0.2) is 5.91 Å². The van der Waals surface area contributed by atoms with Gasteiger partial charge in [0.25, 0.3) is 0 Å². The first-order chi connectivity index (χ1) is 4.46. The Bertz CT molecular complexity index is 135. The van der Waals surface area contributed by atoms with E-state index < -0.39 is 0 Å². The fourth-order valence-corrected chi connectivity index (χ4v) is 1.14. The van der Waals surface area contributed by atoms with Gasteiger partial charge in [0, 0.05) is 0 Å². The molecule has 0 fully saturated rings. The van der Waals surface area contributed by atoms with Crippen molar-refractivity contribution in [3.05, 3.63) is 12.2 Å². The molecule has 58 valence electrons. The Morgan fingerprint density at radius 1 is 1.50 bits per heavy atom. The van der Waals surface area contributed by atoms with Crippen LogP contribution in [0.25, 0.3) is 0 Å². The van der Waals surface area contributed by atoms with Crippen molar-refractivity contribution in [2.75, 3.05) is 0 Å². The number of nitrogens with two attached hydrogens (primary N) is 1. The molecule has 0 bridgehead atoms. The Hall–Kier alpha value is -0.790. The highest BCUT2D eigenvalue weighted by molar-refractivity contribution is 5.79. The zero-order valence-electron chi connectivity index (χ0n) is 6.85. The molecule has 0 aromatic carbocycles. The molecule has 1 atom stereocenters. The summed E-state index contributed by atoms with van der Waals surface area (Å²) in [4.78, 5) is 10.7. The fourth-order valence-electron chi connectivity index (χ4n) is 1.14. The van der Waals surface area contributed by atoms with Crippen molar-refractivity contribution in [3.8, 4) is 0 Å². The van der Waals surface area contributed by atoms with Crippen molar-refractivity contribution in [2.45, 2.75) is 20.8 Å². The van der Waals surface area contributed by atoms with Gasteiger partial charge in [0.1, 0.15) is 0 Å². The van der Waals surface area contributed by atoms with Crippen LogP contribution in [0.15, 0.2) is 12.2 Å². The summed E-state index contributed by atoms with van der Waals surface area (Å²) < 4.78 is 0. The largest absolute Gasteiger partial charge is 0.369 e. The van der Waals surface area contributed by atoms with Crippen molar-refractivity contribution >= 4 is 5.91 Å². The van der Waals surface area contributed by atoms with Gasteiger partial charge in [0.2, 0.25) is 5.91 Å². The lowest BCUT2D eigenvalue weighted by Crippen LogP contribution is -2.27. The maximum Gasteiger partial charge on any atom is 0.224 e. The zero-order valence-corrected chi connectivity index (χ0v) is 6.85. The molecule has 2 N–H and O–H groups in total. The summed E-state index contributed by atoms with van der Waals surface area (Å²) in [5.41, 5.74) is 5.99. The minimum atomic E-state index is -0.275. The van der Waals surface area contributed by atoms with E-state index in [0.29, 0.717) is 0 Å². The lowest BCUT2D eigenvalue weighted by molar-refractivity contribution is -0.121. The van der Waals surface area contributed by atoms with E-state index >= 15 is 0 Å². The molecule has 0 aliphatic rings. The first-order valence-corrected chi connectivity index (χ1v) is 3.41. The van der Waals surface area contributed by atoms with Gasteiger partial charge in [-0.1, -0.05) is 26.0 Å². The maximum absolute atomic E-state index is 10.7. The predicted molar refractivity (Wildman–Crippen MR) is 42.3 cm³/mol. The monoisotopic (exact) mass is 141 g/mol. The summed E-state index contributed by atoms with van der Waals surface area (Å²) in [6, 6.07) is 0. The second kappa shape index (κ2) is 3.40. The van der Waals surface area contributed by atoms with E-state index in [-0.39, 0.29) is 17.7 Å². The fraction of sp³-hybridized carbons (Fsp3) is 0.625. The minimum absolute atomic E-state index is 0.167. The average molecular weight is 141 g/mol. The molecular weight excluding hydrogens is 126 g/mol. The Balaban J connectivity index is 4.27. The molecule has 0 saturated carbocycles. The van der Waals surface area contributed by atoms with Crippen LogP contribution in [0.4, 0.5) is 0 Å². The first-order valence-electron chi connectivity index (χ1n) is 3.41. The van der Waals surface area contributed by atoms with Crippen LogP contribution in [0.5, 0.6) is 0 Å². The Morgan fingerprint density at radius 3 is 1.90 bits per heavy atom. The second-order valence-electron chi connectivity index (χ2n) is 2.97. The average Bonchev–Trinajstić information content (AvgIpc) is 1.59. The van der Waals surface area contributed by atoms with Crippen LogP contribution in [0.1, 0.15) is 20.8 Å². The van der Waals surface area contributed by atoms with E-state index in [1.54, 1.807) is 0 Å². The molecule has 0 rings (SSSR count). The summed E-state index contributed by atoms with van der Waals surface area (Å²) in [6.45, 7) is 9.45. The van der Waals surface area contributed by atoms with Crippen molar-refractivity contribution in [1.29, 1.82) is 0 Å². The highest BCUT2D eigenvalue weighted by Crippen LogP contribution is 2.17. The molecule has 2 nitrogen and oxygen atoms in total. The topological polar surface area (TPSA) is 43.1 Å². The second-order valence-corrected chi connectivity index (χ2v) is 2.97. The third-order valence-corrected chi connectivity index (χ3v) is 1.50. The molecule has 0 heterocycles. The van der Waals surface area contributed by atoms with E-state index in [9.17, 15) is 4.79 Å². The molecule has 10 heavy (non-hydrogen) atoms. The lowest BCUT2D eigenvalue weighted by Gasteiger charge is -2.16. The quantitative estimate of drug-likeness (QED) is 0.592. The van der Waals surface area contributed by atoms with Crippen LogP contribution in [0, 0.1) is 11.8 Å². The van der Waals surface area contributed by atoms with Crippen molar-refractivity contribution in [2.24, 2.45) is 17.6 Å². The Morgan fingerprint density at radius 2 is 1.90 bits per heavy atom. The normalized spacial score (nSPS) is 13.2. The molecular formula is C8H15NO. The van der Waals surface area contributed by atoms with E-state index in [4.69, 9.17) is 5.73 Å². The summed E-state index contributed by atoms with van der Waals surface area (Å²) in [5, 5.41) is 0. The van der Waals surface area contributed by atoms with Gasteiger partial charge in [-0.25, -0.2) is 0 Å². The molecule has 1 amide bonds. The number of carbonyl (C=O) groups excluding carboxylic acids is 1. The number of primary amides is 1. The van der Waals surface area contributed by atoms with E-state index in [1.807, 2.05) is 20.8 Å². The standard InChI is InChI=1S/C8H15NO/c1-5(2)7(6(3)4)8(9)10/h6-7H,1H2,2-4H3,(H2,9,10). The SMILES string of the molecule is C=C(C)C(C(N)=O)C(C)C. The molecule has 2 heteroatoms. The van der Waals surface area contributed by atoms with Crippen LogP contribution in [0.3, 0.4) is 0 Å². The number of carbonyl (C=O) groups is 1.